The molecule has 2 aliphatic rings. The molecule has 0 amide bonds. The molecule has 6 atom stereocenters. The van der Waals surface area contributed by atoms with E-state index in [1.807, 2.05) is 44.2 Å². The van der Waals surface area contributed by atoms with Crippen LogP contribution in [0.15, 0.2) is 30.3 Å². The van der Waals surface area contributed by atoms with E-state index in [9.17, 15) is 5.11 Å². The smallest absolute Gasteiger partial charge is 0.190 e. The Labute approximate surface area is 162 Å². The zero-order valence-corrected chi connectivity index (χ0v) is 16.9. The third kappa shape index (κ3) is 4.70. The Hall–Kier alpha value is -1.02. The lowest BCUT2D eigenvalue weighted by molar-refractivity contribution is -0.231. The second-order valence-corrected chi connectivity index (χ2v) is 8.10. The summed E-state index contributed by atoms with van der Waals surface area (Å²) in [6.45, 7) is 10.5. The van der Waals surface area contributed by atoms with E-state index < -0.39 is 24.3 Å². The Morgan fingerprint density at radius 1 is 1.19 bits per heavy atom. The number of aliphatic hydroxyl groups excluding tert-OH is 1. The van der Waals surface area contributed by atoms with E-state index in [2.05, 4.69) is 26.1 Å². The summed E-state index contributed by atoms with van der Waals surface area (Å²) in [5.41, 5.74) is 1.01. The van der Waals surface area contributed by atoms with Crippen LogP contribution in [0.25, 0.3) is 0 Å². The zero-order chi connectivity index (χ0) is 19.6. The first kappa shape index (κ1) is 20.7. The lowest BCUT2D eigenvalue weighted by Crippen LogP contribution is -2.49. The highest BCUT2D eigenvalue weighted by molar-refractivity contribution is 5.21. The maximum Gasteiger partial charge on any atom is 0.190 e. The molecule has 2 aliphatic heterocycles. The first-order chi connectivity index (χ1) is 12.8. The van der Waals surface area contributed by atoms with Crippen LogP contribution in [0.3, 0.4) is 0 Å². The molecule has 0 bridgehead atoms. The highest BCUT2D eigenvalue weighted by Gasteiger charge is 2.57. The van der Waals surface area contributed by atoms with E-state index in [4.69, 9.17) is 18.9 Å². The first-order valence-corrected chi connectivity index (χ1v) is 9.94. The summed E-state index contributed by atoms with van der Waals surface area (Å²) in [5, 5.41) is 14.8. The first-order valence-electron chi connectivity index (χ1n) is 9.94. The molecule has 0 aliphatic carbocycles. The second-order valence-electron chi connectivity index (χ2n) is 8.10. The number of benzene rings is 1. The molecule has 0 spiro atoms. The van der Waals surface area contributed by atoms with Crippen molar-refractivity contribution in [3.63, 3.8) is 0 Å². The van der Waals surface area contributed by atoms with E-state index in [0.29, 0.717) is 6.61 Å². The number of nitrogens with one attached hydrogen (secondary N) is 1. The fourth-order valence-electron chi connectivity index (χ4n) is 3.82. The van der Waals surface area contributed by atoms with Crippen LogP contribution in [-0.4, -0.2) is 54.2 Å². The predicted molar refractivity (Wildman–Crippen MR) is 102 cm³/mol. The SMILES string of the molecule is CCCO[C@@H]1[C@H]2OC(C)(C)O[C@H]2O[C@@H]1[C@@H](O)C(NC(C)C)c1ccccc1. The number of fused-ring (bicyclic) bond motifs is 1. The standard InChI is InChI=1S/C21H33NO5/c1-6-12-24-18-17(25-20-19(18)26-21(4,5)27-20)16(23)15(22-13(2)3)14-10-8-7-9-11-14/h7-11,13,15-20,22-23H,6,12H2,1-5H3/t15?,16-,17+,18-,19+,20+/m0/s1. The Bertz CT molecular complexity index is 593. The van der Waals surface area contributed by atoms with Gasteiger partial charge in [-0.05, 0) is 25.8 Å². The Kier molecular flexibility index (Phi) is 6.56. The Morgan fingerprint density at radius 3 is 2.52 bits per heavy atom. The highest BCUT2D eigenvalue weighted by Crippen LogP contribution is 2.41. The van der Waals surface area contributed by atoms with Crippen LogP contribution >= 0.6 is 0 Å². The number of rotatable bonds is 8. The van der Waals surface area contributed by atoms with Crippen molar-refractivity contribution in [2.75, 3.05) is 6.61 Å². The molecule has 0 saturated carbocycles. The van der Waals surface area contributed by atoms with Crippen molar-refractivity contribution >= 4 is 0 Å². The van der Waals surface area contributed by atoms with Crippen molar-refractivity contribution in [3.8, 4) is 0 Å². The third-order valence-corrected chi connectivity index (χ3v) is 4.89. The topological polar surface area (TPSA) is 69.2 Å². The summed E-state index contributed by atoms with van der Waals surface area (Å²) in [4.78, 5) is 0. The average Bonchev–Trinajstić information content (AvgIpc) is 3.09. The van der Waals surface area contributed by atoms with Gasteiger partial charge in [0, 0.05) is 12.6 Å². The molecule has 152 valence electrons. The molecule has 2 heterocycles. The summed E-state index contributed by atoms with van der Waals surface area (Å²) >= 11 is 0. The van der Waals surface area contributed by atoms with Crippen LogP contribution < -0.4 is 5.32 Å². The molecule has 2 N–H and O–H groups in total. The van der Waals surface area contributed by atoms with E-state index in [-0.39, 0.29) is 24.3 Å². The van der Waals surface area contributed by atoms with E-state index in [1.54, 1.807) is 0 Å². The van der Waals surface area contributed by atoms with Crippen molar-refractivity contribution in [2.45, 2.75) is 89.6 Å². The van der Waals surface area contributed by atoms with E-state index >= 15 is 0 Å². The number of hydrogen-bond donors (Lipinski definition) is 2. The van der Waals surface area contributed by atoms with Crippen LogP contribution in [0.2, 0.25) is 0 Å². The predicted octanol–water partition coefficient (Wildman–Crippen LogP) is 2.76. The summed E-state index contributed by atoms with van der Waals surface area (Å²) < 4.78 is 24.1. The van der Waals surface area contributed by atoms with Crippen LogP contribution in [0, 0.1) is 0 Å². The number of hydrogen-bond acceptors (Lipinski definition) is 6. The minimum atomic E-state index is -0.808. The van der Waals surface area contributed by atoms with Gasteiger partial charge in [-0.2, -0.15) is 0 Å². The minimum Gasteiger partial charge on any atom is -0.388 e. The lowest BCUT2D eigenvalue weighted by atomic mass is 9.93. The van der Waals surface area contributed by atoms with Gasteiger partial charge in [-0.3, -0.25) is 0 Å². The summed E-state index contributed by atoms with van der Waals surface area (Å²) in [7, 11) is 0. The molecule has 27 heavy (non-hydrogen) atoms. The Morgan fingerprint density at radius 2 is 1.89 bits per heavy atom. The van der Waals surface area contributed by atoms with E-state index in [0.717, 1.165) is 12.0 Å². The summed E-state index contributed by atoms with van der Waals surface area (Å²) in [6.07, 6.45) is -1.73. The van der Waals surface area contributed by atoms with Gasteiger partial charge in [-0.15, -0.1) is 0 Å². The largest absolute Gasteiger partial charge is 0.388 e. The quantitative estimate of drug-likeness (QED) is 0.724. The molecule has 6 nitrogen and oxygen atoms in total. The van der Waals surface area contributed by atoms with Crippen molar-refractivity contribution in [1.82, 2.24) is 5.32 Å². The fraction of sp³-hybridized carbons (Fsp3) is 0.714. The van der Waals surface area contributed by atoms with Crippen LogP contribution in [0.4, 0.5) is 0 Å². The van der Waals surface area contributed by atoms with Crippen molar-refractivity contribution in [1.29, 1.82) is 0 Å². The third-order valence-electron chi connectivity index (χ3n) is 4.89. The van der Waals surface area contributed by atoms with Gasteiger partial charge in [0.2, 0.25) is 0 Å². The van der Waals surface area contributed by atoms with Gasteiger partial charge in [-0.25, -0.2) is 0 Å². The lowest BCUT2D eigenvalue weighted by Gasteiger charge is -2.34. The van der Waals surface area contributed by atoms with Gasteiger partial charge in [0.25, 0.3) is 0 Å². The van der Waals surface area contributed by atoms with E-state index in [1.165, 1.54) is 0 Å². The molecular formula is C21H33NO5. The molecule has 6 heteroatoms. The van der Waals surface area contributed by atoms with Gasteiger partial charge >= 0.3 is 0 Å². The molecular weight excluding hydrogens is 346 g/mol. The molecule has 0 aromatic heterocycles. The van der Waals surface area contributed by atoms with Gasteiger partial charge in [0.05, 0.1) is 6.04 Å². The van der Waals surface area contributed by atoms with Crippen molar-refractivity contribution in [3.05, 3.63) is 35.9 Å². The minimum absolute atomic E-state index is 0.201. The molecule has 1 aromatic carbocycles. The fourth-order valence-corrected chi connectivity index (χ4v) is 3.82. The molecule has 1 unspecified atom stereocenters. The molecule has 0 radical (unpaired) electrons. The maximum atomic E-state index is 11.3. The van der Waals surface area contributed by atoms with Gasteiger partial charge in [0.15, 0.2) is 12.1 Å². The summed E-state index contributed by atoms with van der Waals surface area (Å²) in [5.74, 6) is -0.714. The number of ether oxygens (including phenoxy) is 4. The molecule has 1 aromatic rings. The number of aliphatic hydroxyl groups is 1. The molecule has 3 rings (SSSR count). The van der Waals surface area contributed by atoms with Crippen LogP contribution in [0.1, 0.15) is 52.6 Å². The van der Waals surface area contributed by atoms with Gasteiger partial charge in [-0.1, -0.05) is 51.1 Å². The van der Waals surface area contributed by atoms with Crippen molar-refractivity contribution < 1.29 is 24.1 Å². The maximum absolute atomic E-state index is 11.3. The van der Waals surface area contributed by atoms with Gasteiger partial charge < -0.3 is 29.4 Å². The van der Waals surface area contributed by atoms with Gasteiger partial charge in [0.1, 0.15) is 24.4 Å². The van der Waals surface area contributed by atoms with Crippen LogP contribution in [-0.2, 0) is 18.9 Å². The monoisotopic (exact) mass is 379 g/mol. The van der Waals surface area contributed by atoms with Crippen molar-refractivity contribution in [2.24, 2.45) is 0 Å². The molecule has 2 fully saturated rings. The normalized spacial score (nSPS) is 31.8. The Balaban J connectivity index is 1.82. The molecule has 2 saturated heterocycles. The zero-order valence-electron chi connectivity index (χ0n) is 16.9. The highest BCUT2D eigenvalue weighted by atomic mass is 16.8. The summed E-state index contributed by atoms with van der Waals surface area (Å²) in [6, 6.07) is 9.86. The average molecular weight is 379 g/mol. The van der Waals surface area contributed by atoms with Crippen LogP contribution in [0.5, 0.6) is 0 Å². The second kappa shape index (κ2) is 8.55.